The van der Waals surface area contributed by atoms with Gasteiger partial charge in [0.05, 0.1) is 0 Å². The van der Waals surface area contributed by atoms with Gasteiger partial charge >= 0.3 is 0 Å². The quantitative estimate of drug-likeness (QED) is 0.820. The fraction of sp³-hybridized carbons (Fsp3) is 0.625. The van der Waals surface area contributed by atoms with Gasteiger partial charge in [-0.25, -0.2) is 0 Å². The van der Waals surface area contributed by atoms with E-state index in [4.69, 9.17) is 0 Å². The van der Waals surface area contributed by atoms with Gasteiger partial charge in [0.2, 0.25) is 0 Å². The molecule has 2 rings (SSSR count). The van der Waals surface area contributed by atoms with Gasteiger partial charge < -0.3 is 10.2 Å². The largest absolute Gasteiger partial charge is 0.508 e. The van der Waals surface area contributed by atoms with Gasteiger partial charge in [-0.15, -0.1) is 0 Å². The number of benzene rings is 1. The number of aromatic hydroxyl groups is 2. The molecule has 1 aliphatic rings. The first-order valence-corrected chi connectivity index (χ1v) is 7.01. The fourth-order valence-electron chi connectivity index (χ4n) is 3.46. The van der Waals surface area contributed by atoms with Crippen LogP contribution in [0.4, 0.5) is 0 Å². The van der Waals surface area contributed by atoms with Crippen LogP contribution in [0.3, 0.4) is 0 Å². The first-order chi connectivity index (χ1) is 8.50. The summed E-state index contributed by atoms with van der Waals surface area (Å²) in [6.45, 7) is 6.75. The van der Waals surface area contributed by atoms with Gasteiger partial charge in [-0.2, -0.15) is 0 Å². The second kappa shape index (κ2) is 5.21. The monoisotopic (exact) mass is 248 g/mol. The third-order valence-electron chi connectivity index (χ3n) is 4.45. The molecule has 0 amide bonds. The third-order valence-corrected chi connectivity index (χ3v) is 4.45. The van der Waals surface area contributed by atoms with Crippen LogP contribution in [0.15, 0.2) is 18.2 Å². The standard InChI is InChI=1S/C16H24O2/c1-10(2)12-8-7-11(3)9-13(12)16-14(17)5-4-6-15(16)18/h4-6,10-13,17-18H,7-9H2,1-3H3. The SMILES string of the molecule is CC1CCC(C(C)C)C(c2c(O)cccc2O)C1. The number of phenols is 2. The van der Waals surface area contributed by atoms with Crippen molar-refractivity contribution in [2.24, 2.45) is 17.8 Å². The van der Waals surface area contributed by atoms with Crippen molar-refractivity contribution in [1.29, 1.82) is 0 Å². The zero-order valence-corrected chi connectivity index (χ0v) is 11.6. The Labute approximate surface area is 110 Å². The average molecular weight is 248 g/mol. The maximum atomic E-state index is 10.1. The summed E-state index contributed by atoms with van der Waals surface area (Å²) in [7, 11) is 0. The molecule has 3 unspecified atom stereocenters. The molecule has 0 spiro atoms. The van der Waals surface area contributed by atoms with E-state index in [1.807, 2.05) is 0 Å². The molecule has 3 atom stereocenters. The van der Waals surface area contributed by atoms with E-state index < -0.39 is 0 Å². The summed E-state index contributed by atoms with van der Waals surface area (Å²) in [6, 6.07) is 5.07. The Hall–Kier alpha value is -1.18. The summed E-state index contributed by atoms with van der Waals surface area (Å²) in [5.41, 5.74) is 0.766. The van der Waals surface area contributed by atoms with Crippen molar-refractivity contribution in [2.45, 2.75) is 46.0 Å². The predicted molar refractivity (Wildman–Crippen MR) is 73.9 cm³/mol. The van der Waals surface area contributed by atoms with Crippen molar-refractivity contribution in [3.8, 4) is 11.5 Å². The molecule has 0 heterocycles. The van der Waals surface area contributed by atoms with Crippen LogP contribution in [0, 0.1) is 17.8 Å². The van der Waals surface area contributed by atoms with Crippen LogP contribution in [-0.4, -0.2) is 10.2 Å². The first kappa shape index (κ1) is 13.3. The Bertz CT molecular complexity index is 391. The lowest BCUT2D eigenvalue weighted by atomic mass is 9.67. The number of hydrogen-bond donors (Lipinski definition) is 2. The Balaban J connectivity index is 2.38. The molecule has 1 saturated carbocycles. The van der Waals surface area contributed by atoms with Crippen LogP contribution < -0.4 is 0 Å². The van der Waals surface area contributed by atoms with Crippen LogP contribution in [0.1, 0.15) is 51.5 Å². The van der Waals surface area contributed by atoms with Crippen molar-refractivity contribution >= 4 is 0 Å². The molecule has 0 radical (unpaired) electrons. The van der Waals surface area contributed by atoms with Crippen LogP contribution in [0.2, 0.25) is 0 Å². The fourth-order valence-corrected chi connectivity index (χ4v) is 3.46. The number of hydrogen-bond acceptors (Lipinski definition) is 2. The van der Waals surface area contributed by atoms with Crippen LogP contribution in [-0.2, 0) is 0 Å². The smallest absolute Gasteiger partial charge is 0.122 e. The molecule has 0 aliphatic heterocycles. The molecule has 1 aromatic rings. The molecule has 2 N–H and O–H groups in total. The zero-order chi connectivity index (χ0) is 13.3. The molecule has 0 aromatic heterocycles. The Morgan fingerprint density at radius 2 is 1.72 bits per heavy atom. The molecule has 1 aliphatic carbocycles. The van der Waals surface area contributed by atoms with Crippen molar-refractivity contribution in [2.75, 3.05) is 0 Å². The van der Waals surface area contributed by atoms with Gasteiger partial charge in [0.15, 0.2) is 0 Å². The van der Waals surface area contributed by atoms with E-state index in [1.54, 1.807) is 18.2 Å². The minimum Gasteiger partial charge on any atom is -0.508 e. The van der Waals surface area contributed by atoms with Gasteiger partial charge in [0.25, 0.3) is 0 Å². The number of rotatable bonds is 2. The molecular formula is C16H24O2. The van der Waals surface area contributed by atoms with Crippen molar-refractivity contribution in [1.82, 2.24) is 0 Å². The lowest BCUT2D eigenvalue weighted by Gasteiger charge is -2.38. The maximum absolute atomic E-state index is 10.1. The van der Waals surface area contributed by atoms with Gasteiger partial charge in [0.1, 0.15) is 11.5 Å². The average Bonchev–Trinajstić information content (AvgIpc) is 2.28. The van der Waals surface area contributed by atoms with E-state index in [1.165, 1.54) is 12.8 Å². The highest BCUT2D eigenvalue weighted by Crippen LogP contribution is 2.48. The Morgan fingerprint density at radius 3 is 2.28 bits per heavy atom. The van der Waals surface area contributed by atoms with Gasteiger partial charge in [-0.05, 0) is 48.6 Å². The summed E-state index contributed by atoms with van der Waals surface area (Å²) in [6.07, 6.45) is 3.51. The van der Waals surface area contributed by atoms with E-state index in [0.29, 0.717) is 17.8 Å². The molecule has 0 saturated heterocycles. The molecular weight excluding hydrogens is 224 g/mol. The third kappa shape index (κ3) is 2.47. The zero-order valence-electron chi connectivity index (χ0n) is 11.6. The highest BCUT2D eigenvalue weighted by molar-refractivity contribution is 5.46. The second-order valence-electron chi connectivity index (χ2n) is 6.14. The Kier molecular flexibility index (Phi) is 3.84. The van der Waals surface area contributed by atoms with E-state index in [-0.39, 0.29) is 17.4 Å². The molecule has 100 valence electrons. The molecule has 18 heavy (non-hydrogen) atoms. The van der Waals surface area contributed by atoms with Gasteiger partial charge in [-0.3, -0.25) is 0 Å². The topological polar surface area (TPSA) is 40.5 Å². The van der Waals surface area contributed by atoms with E-state index in [2.05, 4.69) is 20.8 Å². The lowest BCUT2D eigenvalue weighted by Crippen LogP contribution is -2.26. The minimum atomic E-state index is 0.250. The normalized spacial score (nSPS) is 28.6. The summed E-state index contributed by atoms with van der Waals surface area (Å²) in [4.78, 5) is 0. The van der Waals surface area contributed by atoms with E-state index >= 15 is 0 Å². The van der Waals surface area contributed by atoms with Crippen molar-refractivity contribution in [3.63, 3.8) is 0 Å². The molecule has 1 fully saturated rings. The van der Waals surface area contributed by atoms with Gasteiger partial charge in [0, 0.05) is 5.56 Å². The molecule has 1 aromatic carbocycles. The minimum absolute atomic E-state index is 0.250. The molecule has 0 bridgehead atoms. The van der Waals surface area contributed by atoms with Gasteiger partial charge in [-0.1, -0.05) is 33.3 Å². The molecule has 2 heteroatoms. The highest BCUT2D eigenvalue weighted by atomic mass is 16.3. The predicted octanol–water partition coefficient (Wildman–Crippen LogP) is 4.27. The second-order valence-corrected chi connectivity index (χ2v) is 6.14. The first-order valence-electron chi connectivity index (χ1n) is 7.01. The lowest BCUT2D eigenvalue weighted by molar-refractivity contribution is 0.192. The molecule has 2 nitrogen and oxygen atoms in total. The van der Waals surface area contributed by atoms with Crippen LogP contribution in [0.25, 0.3) is 0 Å². The number of phenolic OH excluding ortho intramolecular Hbond substituents is 2. The van der Waals surface area contributed by atoms with Crippen LogP contribution >= 0.6 is 0 Å². The summed E-state index contributed by atoms with van der Waals surface area (Å²) >= 11 is 0. The van der Waals surface area contributed by atoms with Crippen molar-refractivity contribution < 1.29 is 10.2 Å². The van der Waals surface area contributed by atoms with E-state index in [0.717, 1.165) is 12.0 Å². The highest BCUT2D eigenvalue weighted by Gasteiger charge is 2.34. The van der Waals surface area contributed by atoms with Crippen LogP contribution in [0.5, 0.6) is 11.5 Å². The Morgan fingerprint density at radius 1 is 1.11 bits per heavy atom. The summed E-state index contributed by atoms with van der Waals surface area (Å²) in [5.74, 6) is 2.60. The maximum Gasteiger partial charge on any atom is 0.122 e. The summed E-state index contributed by atoms with van der Waals surface area (Å²) in [5, 5.41) is 20.1. The van der Waals surface area contributed by atoms with Crippen molar-refractivity contribution in [3.05, 3.63) is 23.8 Å². The summed E-state index contributed by atoms with van der Waals surface area (Å²) < 4.78 is 0. The van der Waals surface area contributed by atoms with E-state index in [9.17, 15) is 10.2 Å².